The van der Waals surface area contributed by atoms with Gasteiger partial charge in [0.1, 0.15) is 36.4 Å². The van der Waals surface area contributed by atoms with E-state index >= 15 is 0 Å². The topological polar surface area (TPSA) is 163 Å². The first-order valence-corrected chi connectivity index (χ1v) is 13.7. The van der Waals surface area contributed by atoms with E-state index in [1.165, 1.54) is 0 Å². The molecule has 0 aliphatic heterocycles. The Hall–Kier alpha value is -3.80. The summed E-state index contributed by atoms with van der Waals surface area (Å²) in [4.78, 5) is 81.4. The van der Waals surface area contributed by atoms with Gasteiger partial charge in [0.2, 0.25) is 0 Å². The zero-order valence-corrected chi connectivity index (χ0v) is 25.7. The zero-order valence-electron chi connectivity index (χ0n) is 25.7. The molecule has 0 spiro atoms. The highest BCUT2D eigenvalue weighted by Crippen LogP contribution is 2.32. The van der Waals surface area contributed by atoms with Crippen molar-refractivity contribution < 1.29 is 47.8 Å². The Morgan fingerprint density at radius 3 is 1.88 bits per heavy atom. The summed E-state index contributed by atoms with van der Waals surface area (Å²) in [7, 11) is 0. The summed E-state index contributed by atoms with van der Waals surface area (Å²) in [5, 5.41) is 2.49. The number of alkyl carbamates (subject to hydrolysis) is 1. The summed E-state index contributed by atoms with van der Waals surface area (Å²) in [6.45, 7) is 13.0. The molecule has 0 heterocycles. The molecule has 0 unspecified atom stereocenters. The van der Waals surface area contributed by atoms with Crippen LogP contribution in [0.2, 0.25) is 0 Å². The quantitative estimate of drug-likeness (QED) is 0.132. The Bertz CT molecular complexity index is 1080. The fourth-order valence-corrected chi connectivity index (χ4v) is 3.99. The third kappa shape index (κ3) is 12.4. The SMILES string of the molecule is CC(C)C[C@@](NC(=O)OCc1ccccc1)(C(=O)ON[C@@H](CC=O)C(=O)OC(C)(C)C)[C@H](CC=O)C(=O)OC(C)(C)C. The molecule has 0 fully saturated rings. The lowest BCUT2D eigenvalue weighted by molar-refractivity contribution is -0.180. The van der Waals surface area contributed by atoms with E-state index in [0.29, 0.717) is 18.1 Å². The second kappa shape index (κ2) is 16.0. The van der Waals surface area contributed by atoms with E-state index in [4.69, 9.17) is 19.0 Å². The highest BCUT2D eigenvalue weighted by Gasteiger charge is 2.54. The fourth-order valence-electron chi connectivity index (χ4n) is 3.99. The minimum atomic E-state index is -2.18. The average molecular weight is 593 g/mol. The number of hydrogen-bond acceptors (Lipinski definition) is 11. The normalized spacial score (nSPS) is 14.5. The standard InChI is InChI=1S/C30H44N2O10/c1-20(2)18-30(22(14-16-33)24(35)40-28(3,4)5,31-27(38)39-19-21-12-10-9-11-13-21)26(37)42-32-23(15-17-34)25(36)41-29(6,7)8/h9-13,16-17,20,22-23,32H,14-15,18-19H2,1-8H3,(H,31,38)/t22-,23+,30+/m1/s1. The van der Waals surface area contributed by atoms with Gasteiger partial charge in [-0.05, 0) is 59.4 Å². The highest BCUT2D eigenvalue weighted by molar-refractivity contribution is 5.93. The van der Waals surface area contributed by atoms with Gasteiger partial charge in [-0.1, -0.05) is 44.2 Å². The Labute approximate surface area is 247 Å². The van der Waals surface area contributed by atoms with Gasteiger partial charge in [0.15, 0.2) is 5.54 Å². The van der Waals surface area contributed by atoms with Crippen LogP contribution in [-0.4, -0.2) is 59.4 Å². The molecule has 234 valence electrons. The maximum atomic E-state index is 13.9. The number of rotatable bonds is 15. The fraction of sp³-hybridized carbons (Fsp3) is 0.600. The molecule has 1 aromatic rings. The first-order valence-electron chi connectivity index (χ1n) is 13.7. The third-order valence-electron chi connectivity index (χ3n) is 5.57. The van der Waals surface area contributed by atoms with Gasteiger partial charge in [-0.2, -0.15) is 0 Å². The third-order valence-corrected chi connectivity index (χ3v) is 5.57. The Morgan fingerprint density at radius 1 is 0.833 bits per heavy atom. The van der Waals surface area contributed by atoms with Gasteiger partial charge < -0.3 is 34.0 Å². The van der Waals surface area contributed by atoms with Gasteiger partial charge in [-0.25, -0.2) is 9.59 Å². The second-order valence-corrected chi connectivity index (χ2v) is 12.2. The van der Waals surface area contributed by atoms with Crippen LogP contribution in [0.4, 0.5) is 4.79 Å². The predicted molar refractivity (Wildman–Crippen MR) is 152 cm³/mol. The van der Waals surface area contributed by atoms with Crippen molar-refractivity contribution in [1.82, 2.24) is 10.8 Å². The summed E-state index contributed by atoms with van der Waals surface area (Å²) < 4.78 is 16.2. The van der Waals surface area contributed by atoms with Crippen LogP contribution in [0.15, 0.2) is 30.3 Å². The molecule has 2 N–H and O–H groups in total. The minimum absolute atomic E-state index is 0.150. The number of aldehydes is 2. The molecule has 12 nitrogen and oxygen atoms in total. The van der Waals surface area contributed by atoms with Crippen LogP contribution in [0.3, 0.4) is 0 Å². The molecule has 12 heteroatoms. The maximum absolute atomic E-state index is 13.9. The van der Waals surface area contributed by atoms with Crippen LogP contribution in [-0.2, 0) is 49.6 Å². The van der Waals surface area contributed by atoms with Crippen molar-refractivity contribution in [1.29, 1.82) is 0 Å². The maximum Gasteiger partial charge on any atom is 0.408 e. The van der Waals surface area contributed by atoms with Crippen molar-refractivity contribution in [2.45, 2.75) is 104 Å². The number of hydroxylamine groups is 1. The number of nitrogens with one attached hydrogen (secondary N) is 2. The molecule has 1 rings (SSSR count). The molecular weight excluding hydrogens is 548 g/mol. The van der Waals surface area contributed by atoms with E-state index in [2.05, 4.69) is 10.8 Å². The number of esters is 2. The monoisotopic (exact) mass is 592 g/mol. The van der Waals surface area contributed by atoms with Crippen LogP contribution >= 0.6 is 0 Å². The second-order valence-electron chi connectivity index (χ2n) is 12.2. The van der Waals surface area contributed by atoms with Crippen LogP contribution in [0.5, 0.6) is 0 Å². The Morgan fingerprint density at radius 2 is 1.38 bits per heavy atom. The number of amides is 1. The van der Waals surface area contributed by atoms with E-state index in [1.54, 1.807) is 85.7 Å². The van der Waals surface area contributed by atoms with Crippen molar-refractivity contribution in [2.75, 3.05) is 0 Å². The first-order chi connectivity index (χ1) is 19.4. The average Bonchev–Trinajstić information content (AvgIpc) is 2.86. The molecule has 0 bridgehead atoms. The molecule has 42 heavy (non-hydrogen) atoms. The van der Waals surface area contributed by atoms with Crippen molar-refractivity contribution in [3.8, 4) is 0 Å². The lowest BCUT2D eigenvalue weighted by atomic mass is 9.76. The smallest absolute Gasteiger partial charge is 0.408 e. The summed E-state index contributed by atoms with van der Waals surface area (Å²) in [5.41, 5.74) is -1.17. The van der Waals surface area contributed by atoms with Gasteiger partial charge in [0.25, 0.3) is 0 Å². The van der Waals surface area contributed by atoms with Crippen LogP contribution in [0.1, 0.15) is 80.2 Å². The van der Waals surface area contributed by atoms with Gasteiger partial charge in [0, 0.05) is 12.8 Å². The molecular formula is C30H44N2O10. The van der Waals surface area contributed by atoms with Crippen molar-refractivity contribution >= 4 is 36.6 Å². The molecule has 3 atom stereocenters. The number of benzene rings is 1. The molecule has 1 aromatic carbocycles. The predicted octanol–water partition coefficient (Wildman–Crippen LogP) is 3.59. The lowest BCUT2D eigenvalue weighted by Crippen LogP contribution is -2.64. The first kappa shape index (κ1) is 36.2. The summed E-state index contributed by atoms with van der Waals surface area (Å²) in [5.74, 6) is -4.89. The molecule has 0 aliphatic rings. The van der Waals surface area contributed by atoms with E-state index in [9.17, 15) is 28.8 Å². The Kier molecular flexibility index (Phi) is 13.8. The lowest BCUT2D eigenvalue weighted by Gasteiger charge is -2.39. The summed E-state index contributed by atoms with van der Waals surface area (Å²) in [6.07, 6.45) is -1.30. The summed E-state index contributed by atoms with van der Waals surface area (Å²) in [6, 6.07) is 7.37. The number of hydrogen-bond donors (Lipinski definition) is 2. The minimum Gasteiger partial charge on any atom is -0.460 e. The van der Waals surface area contributed by atoms with Crippen LogP contribution in [0, 0.1) is 11.8 Å². The molecule has 1 amide bonds. The van der Waals surface area contributed by atoms with Gasteiger partial charge in [-0.15, -0.1) is 5.48 Å². The van der Waals surface area contributed by atoms with Crippen molar-refractivity contribution in [2.24, 2.45) is 11.8 Å². The van der Waals surface area contributed by atoms with Crippen molar-refractivity contribution in [3.63, 3.8) is 0 Å². The summed E-state index contributed by atoms with van der Waals surface area (Å²) >= 11 is 0. The zero-order chi connectivity index (χ0) is 32.1. The van der Waals surface area contributed by atoms with Crippen LogP contribution < -0.4 is 10.8 Å². The van der Waals surface area contributed by atoms with Crippen molar-refractivity contribution in [3.05, 3.63) is 35.9 Å². The van der Waals surface area contributed by atoms with E-state index in [1.807, 2.05) is 0 Å². The van der Waals surface area contributed by atoms with E-state index in [-0.39, 0.29) is 18.9 Å². The van der Waals surface area contributed by atoms with Crippen LogP contribution in [0.25, 0.3) is 0 Å². The number of ether oxygens (including phenoxy) is 3. The van der Waals surface area contributed by atoms with E-state index in [0.717, 1.165) is 0 Å². The molecule has 0 aromatic heterocycles. The molecule has 0 saturated heterocycles. The van der Waals surface area contributed by atoms with Gasteiger partial charge in [-0.3, -0.25) is 9.59 Å². The molecule has 0 aliphatic carbocycles. The van der Waals surface area contributed by atoms with Gasteiger partial charge >= 0.3 is 24.0 Å². The molecule has 0 saturated carbocycles. The Balaban J connectivity index is 3.51. The number of carbonyl (C=O) groups is 6. The molecule has 0 radical (unpaired) electrons. The van der Waals surface area contributed by atoms with Gasteiger partial charge in [0.05, 0.1) is 5.92 Å². The number of carbonyl (C=O) groups excluding carboxylic acids is 6. The largest absolute Gasteiger partial charge is 0.460 e. The highest BCUT2D eigenvalue weighted by atomic mass is 16.7. The van der Waals surface area contributed by atoms with E-state index < -0.39 is 65.5 Å².